The highest BCUT2D eigenvalue weighted by atomic mass is 16.5. The summed E-state index contributed by atoms with van der Waals surface area (Å²) in [4.78, 5) is 23.9. The van der Waals surface area contributed by atoms with Gasteiger partial charge in [0.25, 0.3) is 0 Å². The van der Waals surface area contributed by atoms with Gasteiger partial charge in [0, 0.05) is 32.0 Å². The SMILES string of the molecule is CCOCC1CN(C(=O)CCC(=O)O)CC1C. The summed E-state index contributed by atoms with van der Waals surface area (Å²) in [6.07, 6.45) is 0.0171. The van der Waals surface area contributed by atoms with E-state index in [2.05, 4.69) is 6.92 Å². The van der Waals surface area contributed by atoms with Gasteiger partial charge < -0.3 is 14.7 Å². The van der Waals surface area contributed by atoms with Gasteiger partial charge in [-0.1, -0.05) is 6.92 Å². The second-order valence-corrected chi connectivity index (χ2v) is 4.59. The summed E-state index contributed by atoms with van der Waals surface area (Å²) in [6.45, 7) is 6.84. The van der Waals surface area contributed by atoms with Crippen LogP contribution in [0.1, 0.15) is 26.7 Å². The van der Waals surface area contributed by atoms with Crippen LogP contribution in [0.15, 0.2) is 0 Å². The highest BCUT2D eigenvalue weighted by Crippen LogP contribution is 2.23. The van der Waals surface area contributed by atoms with Crippen LogP contribution in [0.3, 0.4) is 0 Å². The molecule has 1 aliphatic rings. The summed E-state index contributed by atoms with van der Waals surface area (Å²) in [7, 11) is 0. The van der Waals surface area contributed by atoms with Crippen molar-refractivity contribution in [1.82, 2.24) is 4.90 Å². The minimum absolute atomic E-state index is 0.0572. The molecule has 0 saturated carbocycles. The summed E-state index contributed by atoms with van der Waals surface area (Å²) in [5.41, 5.74) is 0. The Morgan fingerprint density at radius 1 is 1.35 bits per heavy atom. The molecule has 1 saturated heterocycles. The van der Waals surface area contributed by atoms with Gasteiger partial charge in [-0.15, -0.1) is 0 Å². The van der Waals surface area contributed by atoms with Gasteiger partial charge in [-0.2, -0.15) is 0 Å². The largest absolute Gasteiger partial charge is 0.481 e. The third-order valence-corrected chi connectivity index (χ3v) is 3.21. The van der Waals surface area contributed by atoms with Gasteiger partial charge in [-0.05, 0) is 12.8 Å². The van der Waals surface area contributed by atoms with Crippen molar-refractivity contribution in [1.29, 1.82) is 0 Å². The van der Waals surface area contributed by atoms with Crippen molar-refractivity contribution in [2.45, 2.75) is 26.7 Å². The van der Waals surface area contributed by atoms with Crippen LogP contribution in [0.25, 0.3) is 0 Å². The number of carboxylic acid groups (broad SMARTS) is 1. The van der Waals surface area contributed by atoms with Crippen LogP contribution in [0.5, 0.6) is 0 Å². The normalized spacial score (nSPS) is 24.0. The third-order valence-electron chi connectivity index (χ3n) is 3.21. The molecule has 2 unspecified atom stereocenters. The summed E-state index contributed by atoms with van der Waals surface area (Å²) in [5, 5.41) is 8.53. The predicted molar refractivity (Wildman–Crippen MR) is 62.6 cm³/mol. The maximum atomic E-state index is 11.7. The molecule has 5 heteroatoms. The van der Waals surface area contributed by atoms with Gasteiger partial charge in [-0.25, -0.2) is 0 Å². The molecule has 0 bridgehead atoms. The first-order valence-corrected chi connectivity index (χ1v) is 6.11. The number of carbonyl (C=O) groups excluding carboxylic acids is 1. The molecule has 1 N–H and O–H groups in total. The number of amides is 1. The van der Waals surface area contributed by atoms with Crippen LogP contribution in [-0.2, 0) is 14.3 Å². The maximum Gasteiger partial charge on any atom is 0.303 e. The fraction of sp³-hybridized carbons (Fsp3) is 0.833. The average molecular weight is 243 g/mol. The molecule has 1 fully saturated rings. The van der Waals surface area contributed by atoms with E-state index in [0.29, 0.717) is 31.6 Å². The summed E-state index contributed by atoms with van der Waals surface area (Å²) < 4.78 is 5.38. The molecule has 0 aromatic rings. The molecule has 5 nitrogen and oxygen atoms in total. The van der Waals surface area contributed by atoms with E-state index in [1.165, 1.54) is 0 Å². The quantitative estimate of drug-likeness (QED) is 0.755. The highest BCUT2D eigenvalue weighted by molar-refractivity contribution is 5.80. The number of ether oxygens (including phenoxy) is 1. The smallest absolute Gasteiger partial charge is 0.303 e. The number of carbonyl (C=O) groups is 2. The first-order valence-electron chi connectivity index (χ1n) is 6.11. The zero-order chi connectivity index (χ0) is 12.8. The molecule has 0 radical (unpaired) electrons. The third kappa shape index (κ3) is 4.34. The van der Waals surface area contributed by atoms with Crippen LogP contribution < -0.4 is 0 Å². The fourth-order valence-corrected chi connectivity index (χ4v) is 2.10. The standard InChI is InChI=1S/C12H21NO4/c1-3-17-8-10-7-13(6-9(10)2)11(14)4-5-12(15)16/h9-10H,3-8H2,1-2H3,(H,15,16). The van der Waals surface area contributed by atoms with E-state index in [1.54, 1.807) is 4.90 Å². The van der Waals surface area contributed by atoms with Gasteiger partial charge >= 0.3 is 5.97 Å². The minimum Gasteiger partial charge on any atom is -0.481 e. The minimum atomic E-state index is -0.920. The Labute approximate surface area is 102 Å². The second-order valence-electron chi connectivity index (χ2n) is 4.59. The van der Waals surface area contributed by atoms with E-state index in [9.17, 15) is 9.59 Å². The van der Waals surface area contributed by atoms with Crippen LogP contribution in [-0.4, -0.2) is 48.2 Å². The first kappa shape index (κ1) is 14.0. The lowest BCUT2D eigenvalue weighted by atomic mass is 9.99. The molecule has 1 amide bonds. The molecule has 1 heterocycles. The fourth-order valence-electron chi connectivity index (χ4n) is 2.10. The van der Waals surface area contributed by atoms with Crippen LogP contribution in [0.4, 0.5) is 0 Å². The number of carboxylic acids is 1. The van der Waals surface area contributed by atoms with E-state index in [1.807, 2.05) is 6.92 Å². The maximum absolute atomic E-state index is 11.7. The Bertz CT molecular complexity index is 280. The van der Waals surface area contributed by atoms with E-state index in [-0.39, 0.29) is 18.7 Å². The number of hydrogen-bond donors (Lipinski definition) is 1. The molecule has 1 rings (SSSR count). The van der Waals surface area contributed by atoms with Crippen molar-refractivity contribution in [2.24, 2.45) is 11.8 Å². The van der Waals surface area contributed by atoms with E-state index >= 15 is 0 Å². The number of nitrogens with zero attached hydrogens (tertiary/aromatic N) is 1. The highest BCUT2D eigenvalue weighted by Gasteiger charge is 2.32. The molecule has 17 heavy (non-hydrogen) atoms. The molecule has 98 valence electrons. The van der Waals surface area contributed by atoms with E-state index in [4.69, 9.17) is 9.84 Å². The molecule has 0 aliphatic carbocycles. The Hall–Kier alpha value is -1.10. The second kappa shape index (κ2) is 6.59. The van der Waals surface area contributed by atoms with Crippen molar-refractivity contribution in [3.05, 3.63) is 0 Å². The number of aliphatic carboxylic acids is 1. The zero-order valence-corrected chi connectivity index (χ0v) is 10.5. The van der Waals surface area contributed by atoms with Crippen molar-refractivity contribution in [2.75, 3.05) is 26.3 Å². The average Bonchev–Trinajstić information content (AvgIpc) is 2.65. The molecule has 0 aromatic heterocycles. The van der Waals surface area contributed by atoms with Crippen LogP contribution in [0.2, 0.25) is 0 Å². The number of rotatable bonds is 6. The van der Waals surface area contributed by atoms with Crippen molar-refractivity contribution < 1.29 is 19.4 Å². The molecular weight excluding hydrogens is 222 g/mol. The predicted octanol–water partition coefficient (Wildman–Crippen LogP) is 0.982. The van der Waals surface area contributed by atoms with Gasteiger partial charge in [-0.3, -0.25) is 9.59 Å². The lowest BCUT2D eigenvalue weighted by Crippen LogP contribution is -2.29. The van der Waals surface area contributed by atoms with Crippen molar-refractivity contribution in [3.8, 4) is 0 Å². The Kier molecular flexibility index (Phi) is 5.41. The molecule has 0 spiro atoms. The Balaban J connectivity index is 2.36. The first-order chi connectivity index (χ1) is 8.04. The molecular formula is C12H21NO4. The summed E-state index contributed by atoms with van der Waals surface area (Å²) in [5.74, 6) is -0.172. The van der Waals surface area contributed by atoms with Crippen molar-refractivity contribution >= 4 is 11.9 Å². The van der Waals surface area contributed by atoms with Gasteiger partial charge in [0.05, 0.1) is 13.0 Å². The Morgan fingerprint density at radius 3 is 2.65 bits per heavy atom. The van der Waals surface area contributed by atoms with Crippen LogP contribution in [0, 0.1) is 11.8 Å². The van der Waals surface area contributed by atoms with E-state index < -0.39 is 5.97 Å². The Morgan fingerprint density at radius 2 is 2.06 bits per heavy atom. The molecule has 2 atom stereocenters. The lowest BCUT2D eigenvalue weighted by molar-refractivity contribution is -0.140. The summed E-state index contributed by atoms with van der Waals surface area (Å²) >= 11 is 0. The van der Waals surface area contributed by atoms with Crippen molar-refractivity contribution in [3.63, 3.8) is 0 Å². The molecule has 1 aliphatic heterocycles. The molecule has 0 aromatic carbocycles. The topological polar surface area (TPSA) is 66.8 Å². The monoisotopic (exact) mass is 243 g/mol. The van der Waals surface area contributed by atoms with Gasteiger partial charge in [0.1, 0.15) is 0 Å². The van der Waals surface area contributed by atoms with Gasteiger partial charge in [0.15, 0.2) is 0 Å². The number of likely N-dealkylation sites (tertiary alicyclic amines) is 1. The summed E-state index contributed by atoms with van der Waals surface area (Å²) in [6, 6.07) is 0. The number of hydrogen-bond acceptors (Lipinski definition) is 3. The zero-order valence-electron chi connectivity index (χ0n) is 10.5. The van der Waals surface area contributed by atoms with E-state index in [0.717, 1.165) is 6.54 Å². The van der Waals surface area contributed by atoms with Gasteiger partial charge in [0.2, 0.25) is 5.91 Å². The van der Waals surface area contributed by atoms with Crippen LogP contribution >= 0.6 is 0 Å². The lowest BCUT2D eigenvalue weighted by Gasteiger charge is -2.15.